The quantitative estimate of drug-likeness (QED) is 0.719. The van der Waals surface area contributed by atoms with E-state index in [2.05, 4.69) is 5.32 Å². The van der Waals surface area contributed by atoms with Gasteiger partial charge in [-0.2, -0.15) is 0 Å². The van der Waals surface area contributed by atoms with Gasteiger partial charge in [-0.05, 0) is 43.5 Å². The number of rotatable bonds is 4. The van der Waals surface area contributed by atoms with E-state index in [1.165, 1.54) is 19.3 Å². The Morgan fingerprint density at radius 2 is 1.94 bits per heavy atom. The molecule has 0 heterocycles. The van der Waals surface area contributed by atoms with Crippen LogP contribution in [0.25, 0.3) is 0 Å². The molecule has 1 aromatic carbocycles. The van der Waals surface area contributed by atoms with Crippen molar-refractivity contribution >= 4 is 5.69 Å². The SMILES string of the molecule is Cc1cc(NCC2(CO)CCCCC2)ccc1O. The van der Waals surface area contributed by atoms with Crippen molar-refractivity contribution in [1.29, 1.82) is 0 Å². The zero-order valence-corrected chi connectivity index (χ0v) is 11.1. The molecule has 100 valence electrons. The second kappa shape index (κ2) is 5.61. The highest BCUT2D eigenvalue weighted by Crippen LogP contribution is 2.36. The van der Waals surface area contributed by atoms with Crippen LogP contribution in [0.2, 0.25) is 0 Å². The first-order valence-electron chi connectivity index (χ1n) is 6.80. The standard InChI is InChI=1S/C15H23NO2/c1-12-9-13(5-6-14(12)18)16-10-15(11-17)7-3-2-4-8-15/h5-6,9,16-18H,2-4,7-8,10-11H2,1H3. The first kappa shape index (κ1) is 13.2. The van der Waals surface area contributed by atoms with Gasteiger partial charge < -0.3 is 15.5 Å². The van der Waals surface area contributed by atoms with Crippen molar-refractivity contribution in [2.45, 2.75) is 39.0 Å². The van der Waals surface area contributed by atoms with E-state index in [-0.39, 0.29) is 12.0 Å². The van der Waals surface area contributed by atoms with E-state index in [1.807, 2.05) is 19.1 Å². The van der Waals surface area contributed by atoms with Crippen molar-refractivity contribution in [3.05, 3.63) is 23.8 Å². The minimum atomic E-state index is 0.0457. The van der Waals surface area contributed by atoms with Crippen LogP contribution in [0.5, 0.6) is 5.75 Å². The maximum atomic E-state index is 9.64. The number of nitrogens with one attached hydrogen (secondary N) is 1. The maximum absolute atomic E-state index is 9.64. The lowest BCUT2D eigenvalue weighted by molar-refractivity contribution is 0.0944. The third kappa shape index (κ3) is 2.96. The topological polar surface area (TPSA) is 52.5 Å². The Hall–Kier alpha value is -1.22. The van der Waals surface area contributed by atoms with Crippen LogP contribution < -0.4 is 5.32 Å². The summed E-state index contributed by atoms with van der Waals surface area (Å²) < 4.78 is 0. The third-order valence-corrected chi connectivity index (χ3v) is 4.11. The molecule has 2 rings (SSSR count). The van der Waals surface area contributed by atoms with Crippen LogP contribution in [-0.2, 0) is 0 Å². The van der Waals surface area contributed by atoms with E-state index in [0.29, 0.717) is 5.75 Å². The largest absolute Gasteiger partial charge is 0.508 e. The van der Waals surface area contributed by atoms with Crippen LogP contribution in [0, 0.1) is 12.3 Å². The summed E-state index contributed by atoms with van der Waals surface area (Å²) in [5.74, 6) is 0.329. The van der Waals surface area contributed by atoms with E-state index < -0.39 is 0 Å². The van der Waals surface area contributed by atoms with Gasteiger partial charge in [0, 0.05) is 17.6 Å². The van der Waals surface area contributed by atoms with Crippen molar-refractivity contribution in [2.24, 2.45) is 5.41 Å². The number of phenols is 1. The third-order valence-electron chi connectivity index (χ3n) is 4.11. The summed E-state index contributed by atoms with van der Waals surface area (Å²) in [5.41, 5.74) is 1.94. The summed E-state index contributed by atoms with van der Waals surface area (Å²) in [7, 11) is 0. The summed E-state index contributed by atoms with van der Waals surface area (Å²) in [4.78, 5) is 0. The van der Waals surface area contributed by atoms with Crippen LogP contribution in [0.15, 0.2) is 18.2 Å². The van der Waals surface area contributed by atoms with Gasteiger partial charge in [-0.15, -0.1) is 0 Å². The molecule has 0 radical (unpaired) electrons. The highest BCUT2D eigenvalue weighted by Gasteiger charge is 2.31. The van der Waals surface area contributed by atoms with Gasteiger partial charge in [0.25, 0.3) is 0 Å². The van der Waals surface area contributed by atoms with Gasteiger partial charge in [0.2, 0.25) is 0 Å². The molecule has 1 aliphatic carbocycles. The maximum Gasteiger partial charge on any atom is 0.118 e. The predicted molar refractivity (Wildman–Crippen MR) is 73.9 cm³/mol. The van der Waals surface area contributed by atoms with Gasteiger partial charge in [-0.3, -0.25) is 0 Å². The predicted octanol–water partition coefficient (Wildman–Crippen LogP) is 3.06. The van der Waals surface area contributed by atoms with E-state index >= 15 is 0 Å². The molecule has 0 amide bonds. The molecule has 0 aromatic heterocycles. The number of aromatic hydroxyl groups is 1. The van der Waals surface area contributed by atoms with Gasteiger partial charge in [0.05, 0.1) is 6.61 Å². The molecule has 18 heavy (non-hydrogen) atoms. The summed E-state index contributed by atoms with van der Waals surface area (Å²) >= 11 is 0. The van der Waals surface area contributed by atoms with Crippen molar-refractivity contribution in [3.8, 4) is 5.75 Å². The second-order valence-corrected chi connectivity index (χ2v) is 5.57. The lowest BCUT2D eigenvalue weighted by Gasteiger charge is -2.36. The number of phenolic OH excluding ortho intramolecular Hbond substituents is 1. The molecule has 3 N–H and O–H groups in total. The molecule has 1 saturated carbocycles. The number of hydrogen-bond acceptors (Lipinski definition) is 3. The fraction of sp³-hybridized carbons (Fsp3) is 0.600. The summed E-state index contributed by atoms with van der Waals surface area (Å²) in [6.45, 7) is 2.97. The van der Waals surface area contributed by atoms with E-state index in [1.54, 1.807) is 6.07 Å². The molecule has 1 aromatic rings. The van der Waals surface area contributed by atoms with Crippen LogP contribution in [0.4, 0.5) is 5.69 Å². The second-order valence-electron chi connectivity index (χ2n) is 5.57. The molecular weight excluding hydrogens is 226 g/mol. The normalized spacial score (nSPS) is 18.6. The first-order chi connectivity index (χ1) is 8.65. The van der Waals surface area contributed by atoms with Crippen molar-refractivity contribution in [1.82, 2.24) is 0 Å². The highest BCUT2D eigenvalue weighted by atomic mass is 16.3. The average Bonchev–Trinajstić information content (AvgIpc) is 2.41. The Morgan fingerprint density at radius 1 is 1.22 bits per heavy atom. The average molecular weight is 249 g/mol. The fourth-order valence-corrected chi connectivity index (χ4v) is 2.75. The van der Waals surface area contributed by atoms with Crippen LogP contribution in [0.3, 0.4) is 0 Å². The van der Waals surface area contributed by atoms with Crippen LogP contribution in [0.1, 0.15) is 37.7 Å². The van der Waals surface area contributed by atoms with Gasteiger partial charge in [-0.1, -0.05) is 19.3 Å². The van der Waals surface area contributed by atoms with Crippen molar-refractivity contribution in [2.75, 3.05) is 18.5 Å². The Bertz CT molecular complexity index is 397. The number of hydrogen-bond donors (Lipinski definition) is 3. The van der Waals surface area contributed by atoms with E-state index in [0.717, 1.165) is 30.6 Å². The Balaban J connectivity index is 1.98. The molecule has 0 atom stereocenters. The van der Waals surface area contributed by atoms with Crippen LogP contribution in [-0.4, -0.2) is 23.4 Å². The number of aryl methyl sites for hydroxylation is 1. The van der Waals surface area contributed by atoms with Crippen LogP contribution >= 0.6 is 0 Å². The molecule has 3 nitrogen and oxygen atoms in total. The number of aliphatic hydroxyl groups is 1. The monoisotopic (exact) mass is 249 g/mol. The van der Waals surface area contributed by atoms with E-state index in [4.69, 9.17) is 0 Å². The summed E-state index contributed by atoms with van der Waals surface area (Å²) in [6, 6.07) is 5.55. The van der Waals surface area contributed by atoms with E-state index in [9.17, 15) is 10.2 Å². The molecule has 1 aliphatic rings. The Morgan fingerprint density at radius 3 is 2.56 bits per heavy atom. The molecule has 1 fully saturated rings. The molecular formula is C15H23NO2. The zero-order chi connectivity index (χ0) is 13.0. The summed E-state index contributed by atoms with van der Waals surface area (Å²) in [5, 5.41) is 22.5. The Kier molecular flexibility index (Phi) is 4.12. The van der Waals surface area contributed by atoms with Gasteiger partial charge in [0.1, 0.15) is 5.75 Å². The first-order valence-corrected chi connectivity index (χ1v) is 6.80. The minimum Gasteiger partial charge on any atom is -0.508 e. The zero-order valence-electron chi connectivity index (χ0n) is 11.1. The summed E-state index contributed by atoms with van der Waals surface area (Å²) in [6.07, 6.45) is 5.94. The lowest BCUT2D eigenvalue weighted by Crippen LogP contribution is -2.35. The fourth-order valence-electron chi connectivity index (χ4n) is 2.75. The van der Waals surface area contributed by atoms with Crippen molar-refractivity contribution in [3.63, 3.8) is 0 Å². The number of benzene rings is 1. The molecule has 0 aliphatic heterocycles. The van der Waals surface area contributed by atoms with Gasteiger partial charge in [-0.25, -0.2) is 0 Å². The smallest absolute Gasteiger partial charge is 0.118 e. The molecule has 0 unspecified atom stereocenters. The van der Waals surface area contributed by atoms with Gasteiger partial charge in [0.15, 0.2) is 0 Å². The lowest BCUT2D eigenvalue weighted by atomic mass is 9.74. The Labute approximate surface area is 109 Å². The van der Waals surface area contributed by atoms with Crippen molar-refractivity contribution < 1.29 is 10.2 Å². The van der Waals surface area contributed by atoms with Gasteiger partial charge >= 0.3 is 0 Å². The molecule has 0 spiro atoms. The minimum absolute atomic E-state index is 0.0457. The molecule has 3 heteroatoms. The molecule has 0 bridgehead atoms. The number of anilines is 1. The highest BCUT2D eigenvalue weighted by molar-refractivity contribution is 5.50. The number of aliphatic hydroxyl groups excluding tert-OH is 1. The molecule has 0 saturated heterocycles.